The number of nitrogen functional groups attached to an aromatic ring is 1. The zero-order chi connectivity index (χ0) is 33.0. The number of aliphatic hydroxyl groups is 1. The fourth-order valence-corrected chi connectivity index (χ4v) is 6.42. The summed E-state index contributed by atoms with van der Waals surface area (Å²) in [5, 5.41) is 15.3. The van der Waals surface area contributed by atoms with Crippen molar-refractivity contribution in [2.75, 3.05) is 24.1 Å². The third kappa shape index (κ3) is 9.98. The average Bonchev–Trinajstić information content (AvgIpc) is 3.64. The molecule has 2 aliphatic rings. The van der Waals surface area contributed by atoms with Gasteiger partial charge in [0.25, 0.3) is 0 Å². The van der Waals surface area contributed by atoms with Gasteiger partial charge >= 0.3 is 0 Å². The lowest BCUT2D eigenvalue weighted by Crippen LogP contribution is -2.43. The van der Waals surface area contributed by atoms with E-state index in [1.165, 1.54) is 25.7 Å². The van der Waals surface area contributed by atoms with Crippen LogP contribution < -0.4 is 16.4 Å². The van der Waals surface area contributed by atoms with E-state index in [0.717, 1.165) is 41.8 Å². The van der Waals surface area contributed by atoms with Crippen LogP contribution in [-0.2, 0) is 32.2 Å². The Labute approximate surface area is 278 Å². The van der Waals surface area contributed by atoms with E-state index in [4.69, 9.17) is 15.2 Å². The van der Waals surface area contributed by atoms with Crippen molar-refractivity contribution < 1.29 is 24.2 Å². The summed E-state index contributed by atoms with van der Waals surface area (Å²) in [5.74, 6) is -0.277. The number of aliphatic hydroxyl groups excluding tert-OH is 1. The van der Waals surface area contributed by atoms with Crippen molar-refractivity contribution in [3.8, 4) is 0 Å². The molecular weight excluding hydrogens is 592 g/mol. The Kier molecular flexibility index (Phi) is 12.6. The largest absolute Gasteiger partial charge is 0.397 e. The lowest BCUT2D eigenvalue weighted by Gasteiger charge is -2.39. The zero-order valence-corrected chi connectivity index (χ0v) is 27.1. The minimum Gasteiger partial charge on any atom is -0.397 e. The van der Waals surface area contributed by atoms with E-state index in [1.54, 1.807) is 12.1 Å². The van der Waals surface area contributed by atoms with Crippen molar-refractivity contribution in [3.05, 3.63) is 108 Å². The predicted octanol–water partition coefficient (Wildman–Crippen LogP) is 6.16. The standard InChI is InChI=1S/C38H48N4O5/c1-2-22-42(31-8-3-4-9-31)25-32-23-35(29-18-16-28(26-43)17-19-29)47-38(46-32)30-20-14-27(15-21-30)24-40-36(44)12-7-13-37(45)41-34-11-6-5-10-33(34)39/h2,5-6,10-11,14-21,31-32,35,38,43H,1,3-4,7-9,12-13,22-26,39H2,(H,40,44)(H,41,45)/t32-,35+,38+/m1/s1. The van der Waals surface area contributed by atoms with Gasteiger partial charge in [0.2, 0.25) is 11.8 Å². The highest BCUT2D eigenvalue weighted by atomic mass is 16.7. The topological polar surface area (TPSA) is 126 Å². The van der Waals surface area contributed by atoms with Crippen molar-refractivity contribution in [2.24, 2.45) is 0 Å². The Balaban J connectivity index is 1.15. The Morgan fingerprint density at radius 3 is 2.30 bits per heavy atom. The van der Waals surface area contributed by atoms with Crippen molar-refractivity contribution in [1.29, 1.82) is 0 Å². The van der Waals surface area contributed by atoms with Crippen LogP contribution in [0.2, 0.25) is 0 Å². The van der Waals surface area contributed by atoms with E-state index < -0.39 is 6.29 Å². The third-order valence-electron chi connectivity index (χ3n) is 9.04. The van der Waals surface area contributed by atoms with Gasteiger partial charge in [-0.1, -0.05) is 79.6 Å². The molecule has 2 fully saturated rings. The van der Waals surface area contributed by atoms with E-state index in [9.17, 15) is 14.7 Å². The Morgan fingerprint density at radius 2 is 1.60 bits per heavy atom. The number of nitrogens with zero attached hydrogens (tertiary/aromatic N) is 1. The summed E-state index contributed by atoms with van der Waals surface area (Å²) >= 11 is 0. The first-order valence-electron chi connectivity index (χ1n) is 16.8. The van der Waals surface area contributed by atoms with E-state index >= 15 is 0 Å². The summed E-state index contributed by atoms with van der Waals surface area (Å²) in [6.07, 6.45) is 7.90. The molecule has 3 aromatic rings. The molecular formula is C38H48N4O5. The monoisotopic (exact) mass is 640 g/mol. The number of carbonyl (C=O) groups is 2. The van der Waals surface area contributed by atoms with Crippen molar-refractivity contribution in [1.82, 2.24) is 10.2 Å². The first-order valence-corrected chi connectivity index (χ1v) is 16.8. The van der Waals surface area contributed by atoms with Crippen molar-refractivity contribution >= 4 is 23.2 Å². The Bertz CT molecular complexity index is 1460. The molecule has 9 nitrogen and oxygen atoms in total. The molecule has 5 N–H and O–H groups in total. The van der Waals surface area contributed by atoms with Crippen LogP contribution in [0.15, 0.2) is 85.5 Å². The molecule has 0 aromatic heterocycles. The van der Waals surface area contributed by atoms with Crippen LogP contribution in [0, 0.1) is 0 Å². The molecule has 250 valence electrons. The highest BCUT2D eigenvalue weighted by molar-refractivity contribution is 5.93. The number of ether oxygens (including phenoxy) is 2. The van der Waals surface area contributed by atoms with Gasteiger partial charge in [0, 0.05) is 50.5 Å². The van der Waals surface area contributed by atoms with Crippen LogP contribution in [0.4, 0.5) is 11.4 Å². The molecule has 1 aliphatic carbocycles. The highest BCUT2D eigenvalue weighted by Crippen LogP contribution is 2.39. The molecule has 3 atom stereocenters. The maximum Gasteiger partial charge on any atom is 0.224 e. The molecule has 9 heteroatoms. The lowest BCUT2D eigenvalue weighted by molar-refractivity contribution is -0.253. The number of para-hydroxylation sites is 2. The molecule has 0 radical (unpaired) electrons. The van der Waals surface area contributed by atoms with Gasteiger partial charge in [0.15, 0.2) is 6.29 Å². The zero-order valence-electron chi connectivity index (χ0n) is 27.1. The summed E-state index contributed by atoms with van der Waals surface area (Å²) in [4.78, 5) is 27.2. The number of hydrogen-bond donors (Lipinski definition) is 4. The van der Waals surface area contributed by atoms with Crippen LogP contribution in [0.25, 0.3) is 0 Å². The van der Waals surface area contributed by atoms with Gasteiger partial charge in [0.1, 0.15) is 0 Å². The van der Waals surface area contributed by atoms with Gasteiger partial charge in [0.05, 0.1) is 30.2 Å². The van der Waals surface area contributed by atoms with Gasteiger partial charge in [-0.3, -0.25) is 14.5 Å². The number of benzene rings is 3. The summed E-state index contributed by atoms with van der Waals surface area (Å²) in [6.45, 7) is 6.05. The fourth-order valence-electron chi connectivity index (χ4n) is 6.42. The number of amides is 2. The van der Waals surface area contributed by atoms with E-state index in [2.05, 4.69) is 22.1 Å². The molecule has 1 heterocycles. The summed E-state index contributed by atoms with van der Waals surface area (Å²) in [5.41, 5.74) is 10.8. The molecule has 47 heavy (non-hydrogen) atoms. The Morgan fingerprint density at radius 1 is 0.915 bits per heavy atom. The second-order valence-corrected chi connectivity index (χ2v) is 12.5. The Hall–Kier alpha value is -4.02. The van der Waals surface area contributed by atoms with Crippen LogP contribution in [0.1, 0.15) is 86.0 Å². The lowest BCUT2D eigenvalue weighted by atomic mass is 9.99. The van der Waals surface area contributed by atoms with Crippen LogP contribution in [0.5, 0.6) is 0 Å². The second-order valence-electron chi connectivity index (χ2n) is 12.5. The maximum absolute atomic E-state index is 12.5. The first kappa shape index (κ1) is 34.3. The van der Waals surface area contributed by atoms with Gasteiger partial charge in [-0.15, -0.1) is 6.58 Å². The van der Waals surface area contributed by atoms with E-state index in [1.807, 2.05) is 66.7 Å². The number of nitrogens with one attached hydrogen (secondary N) is 2. The number of carbonyl (C=O) groups excluding carboxylic acids is 2. The second kappa shape index (κ2) is 17.2. The third-order valence-corrected chi connectivity index (χ3v) is 9.04. The predicted molar refractivity (Wildman–Crippen MR) is 184 cm³/mol. The maximum atomic E-state index is 12.5. The molecule has 0 bridgehead atoms. The minimum atomic E-state index is -0.536. The van der Waals surface area contributed by atoms with Gasteiger partial charge < -0.3 is 30.9 Å². The summed E-state index contributed by atoms with van der Waals surface area (Å²) in [7, 11) is 0. The molecule has 1 saturated carbocycles. The SMILES string of the molecule is C=CCN(C[C@H]1C[C@@H](c2ccc(CO)cc2)O[C@@H](c2ccc(CNC(=O)CCCC(=O)Nc3ccccc3N)cc2)O1)C1CCCC1. The molecule has 1 saturated heterocycles. The van der Waals surface area contributed by atoms with Gasteiger partial charge in [-0.05, 0) is 48.1 Å². The van der Waals surface area contributed by atoms with E-state index in [0.29, 0.717) is 30.4 Å². The summed E-state index contributed by atoms with van der Waals surface area (Å²) < 4.78 is 13.1. The fraction of sp³-hybridized carbons (Fsp3) is 0.421. The molecule has 0 spiro atoms. The summed E-state index contributed by atoms with van der Waals surface area (Å²) in [6, 6.07) is 23.6. The minimum absolute atomic E-state index is 0.00666. The average molecular weight is 641 g/mol. The van der Waals surface area contributed by atoms with Crippen molar-refractivity contribution in [2.45, 2.75) is 89.1 Å². The number of hydrogen-bond acceptors (Lipinski definition) is 7. The number of anilines is 2. The van der Waals surface area contributed by atoms with Gasteiger partial charge in [-0.25, -0.2) is 0 Å². The van der Waals surface area contributed by atoms with Crippen LogP contribution in [-0.4, -0.2) is 47.1 Å². The molecule has 3 aromatic carbocycles. The van der Waals surface area contributed by atoms with Gasteiger partial charge in [-0.2, -0.15) is 0 Å². The quantitative estimate of drug-likeness (QED) is 0.116. The number of rotatable bonds is 15. The first-order chi connectivity index (χ1) is 22.9. The molecule has 1 aliphatic heterocycles. The normalized spacial score (nSPS) is 19.8. The van der Waals surface area contributed by atoms with Crippen LogP contribution in [0.3, 0.4) is 0 Å². The highest BCUT2D eigenvalue weighted by Gasteiger charge is 2.34. The van der Waals surface area contributed by atoms with Crippen molar-refractivity contribution in [3.63, 3.8) is 0 Å². The van der Waals surface area contributed by atoms with E-state index in [-0.39, 0.29) is 43.5 Å². The molecule has 5 rings (SSSR count). The number of nitrogens with two attached hydrogens (primary N) is 1. The molecule has 2 amide bonds. The smallest absolute Gasteiger partial charge is 0.224 e. The van der Waals surface area contributed by atoms with Crippen LogP contribution >= 0.6 is 0 Å². The molecule has 0 unspecified atom stereocenters.